The van der Waals surface area contributed by atoms with Gasteiger partial charge in [-0.1, -0.05) is 42.0 Å². The van der Waals surface area contributed by atoms with Gasteiger partial charge in [0.25, 0.3) is 0 Å². The number of amides is 1. The summed E-state index contributed by atoms with van der Waals surface area (Å²) >= 11 is 0. The van der Waals surface area contributed by atoms with Gasteiger partial charge in [0.05, 0.1) is 0 Å². The largest absolute Gasteiger partial charge is 0.480 e. The van der Waals surface area contributed by atoms with Gasteiger partial charge in [0.1, 0.15) is 6.54 Å². The van der Waals surface area contributed by atoms with Crippen molar-refractivity contribution in [2.75, 3.05) is 6.54 Å². The molecule has 0 fully saturated rings. The fraction of sp³-hybridized carbons (Fsp3) is 0.412. The Balaban J connectivity index is 2.02. The van der Waals surface area contributed by atoms with Gasteiger partial charge in [-0.25, -0.2) is 0 Å². The van der Waals surface area contributed by atoms with Crippen LogP contribution in [0.3, 0.4) is 0 Å². The lowest BCUT2D eigenvalue weighted by atomic mass is 9.97. The third-order valence-electron chi connectivity index (χ3n) is 3.66. The van der Waals surface area contributed by atoms with Crippen molar-refractivity contribution in [3.8, 4) is 0 Å². The van der Waals surface area contributed by atoms with Crippen LogP contribution >= 0.6 is 0 Å². The highest BCUT2D eigenvalue weighted by Gasteiger charge is 2.19. The van der Waals surface area contributed by atoms with Crippen LogP contribution in [0.15, 0.2) is 42.0 Å². The lowest BCUT2D eigenvalue weighted by molar-refractivity contribution is -0.144. The summed E-state index contributed by atoms with van der Waals surface area (Å²) in [5, 5.41) is 9.01. The van der Waals surface area contributed by atoms with E-state index in [1.165, 1.54) is 11.3 Å². The lowest BCUT2D eigenvalue weighted by Gasteiger charge is -2.22. The summed E-state index contributed by atoms with van der Waals surface area (Å²) in [6, 6.07) is 9.49. The molecule has 0 atom stereocenters. The number of hydrogen-bond donors (Lipinski definition) is 1. The number of nitrogens with zero attached hydrogens (tertiary/aromatic N) is 1. The standard InChI is InChI=1S/C17H21NO3/c19-16(11-14-7-3-1-4-8-14)18(13-17(20)21)12-15-9-5-2-6-10-15/h2,5-7,9-10H,1,3-4,8,11-13H2,(H,20,21). The predicted octanol–water partition coefficient (Wildman–Crippen LogP) is 2.99. The summed E-state index contributed by atoms with van der Waals surface area (Å²) in [7, 11) is 0. The first kappa shape index (κ1) is 15.3. The van der Waals surface area contributed by atoms with Gasteiger partial charge in [-0.3, -0.25) is 9.59 Å². The first-order valence-electron chi connectivity index (χ1n) is 7.36. The second-order valence-corrected chi connectivity index (χ2v) is 5.41. The lowest BCUT2D eigenvalue weighted by Crippen LogP contribution is -2.35. The van der Waals surface area contributed by atoms with Crippen molar-refractivity contribution in [2.24, 2.45) is 0 Å². The number of carbonyl (C=O) groups excluding carboxylic acids is 1. The highest BCUT2D eigenvalue weighted by Crippen LogP contribution is 2.21. The van der Waals surface area contributed by atoms with Crippen LogP contribution in [0.4, 0.5) is 0 Å². The van der Waals surface area contributed by atoms with Crippen LogP contribution in [0.1, 0.15) is 37.7 Å². The topological polar surface area (TPSA) is 57.6 Å². The monoisotopic (exact) mass is 287 g/mol. The van der Waals surface area contributed by atoms with E-state index in [2.05, 4.69) is 6.08 Å². The van der Waals surface area contributed by atoms with E-state index in [0.717, 1.165) is 30.4 Å². The molecule has 0 bridgehead atoms. The van der Waals surface area contributed by atoms with Gasteiger partial charge in [0, 0.05) is 13.0 Å². The number of allylic oxidation sites excluding steroid dienone is 1. The molecule has 0 spiro atoms. The number of aliphatic carboxylic acids is 1. The Hall–Kier alpha value is -2.10. The van der Waals surface area contributed by atoms with Gasteiger partial charge in [0.2, 0.25) is 5.91 Å². The van der Waals surface area contributed by atoms with Crippen LogP contribution in [0.2, 0.25) is 0 Å². The summed E-state index contributed by atoms with van der Waals surface area (Å²) in [4.78, 5) is 24.8. The fourth-order valence-corrected chi connectivity index (χ4v) is 2.57. The van der Waals surface area contributed by atoms with Gasteiger partial charge in [-0.2, -0.15) is 0 Å². The van der Waals surface area contributed by atoms with Crippen molar-refractivity contribution in [2.45, 2.75) is 38.6 Å². The quantitative estimate of drug-likeness (QED) is 0.818. The third-order valence-corrected chi connectivity index (χ3v) is 3.66. The maximum absolute atomic E-state index is 12.4. The van der Waals surface area contributed by atoms with Crippen molar-refractivity contribution >= 4 is 11.9 Å². The SMILES string of the molecule is O=C(O)CN(Cc1ccccc1)C(=O)CC1=CCCCC1. The molecule has 1 aromatic carbocycles. The minimum atomic E-state index is -0.975. The fourth-order valence-electron chi connectivity index (χ4n) is 2.57. The minimum Gasteiger partial charge on any atom is -0.480 e. The van der Waals surface area contributed by atoms with E-state index >= 15 is 0 Å². The molecule has 0 heterocycles. The molecule has 21 heavy (non-hydrogen) atoms. The maximum atomic E-state index is 12.4. The second kappa shape index (κ2) is 7.62. The van der Waals surface area contributed by atoms with Crippen molar-refractivity contribution in [1.29, 1.82) is 0 Å². The number of carboxylic acid groups (broad SMARTS) is 1. The summed E-state index contributed by atoms with van der Waals surface area (Å²) in [5.41, 5.74) is 2.10. The summed E-state index contributed by atoms with van der Waals surface area (Å²) in [6.07, 6.45) is 6.76. The predicted molar refractivity (Wildman–Crippen MR) is 80.7 cm³/mol. The molecule has 0 radical (unpaired) electrons. The van der Waals surface area contributed by atoms with Gasteiger partial charge in [-0.05, 0) is 31.2 Å². The minimum absolute atomic E-state index is 0.102. The number of hydrogen-bond acceptors (Lipinski definition) is 2. The molecular formula is C17H21NO3. The zero-order valence-electron chi connectivity index (χ0n) is 12.1. The summed E-state index contributed by atoms with van der Waals surface area (Å²) < 4.78 is 0. The van der Waals surface area contributed by atoms with E-state index in [4.69, 9.17) is 5.11 Å². The molecule has 0 saturated heterocycles. The maximum Gasteiger partial charge on any atom is 0.323 e. The van der Waals surface area contributed by atoms with E-state index in [1.54, 1.807) is 0 Å². The Kier molecular flexibility index (Phi) is 5.55. The molecule has 1 aliphatic carbocycles. The molecule has 112 valence electrons. The molecule has 4 heteroatoms. The molecule has 4 nitrogen and oxygen atoms in total. The summed E-state index contributed by atoms with van der Waals surface area (Å²) in [6.45, 7) is 0.0975. The molecule has 1 amide bonds. The second-order valence-electron chi connectivity index (χ2n) is 5.41. The van der Waals surface area contributed by atoms with E-state index in [9.17, 15) is 9.59 Å². The highest BCUT2D eigenvalue weighted by molar-refractivity contribution is 5.83. The van der Waals surface area contributed by atoms with Gasteiger partial charge >= 0.3 is 5.97 Å². The zero-order chi connectivity index (χ0) is 15.1. The highest BCUT2D eigenvalue weighted by atomic mass is 16.4. The van der Waals surface area contributed by atoms with Gasteiger partial charge in [0.15, 0.2) is 0 Å². The normalized spacial score (nSPS) is 14.4. The van der Waals surface area contributed by atoms with Crippen LogP contribution in [0.5, 0.6) is 0 Å². The van der Waals surface area contributed by atoms with Crippen molar-refractivity contribution in [1.82, 2.24) is 4.90 Å². The van der Waals surface area contributed by atoms with Crippen molar-refractivity contribution < 1.29 is 14.7 Å². The zero-order valence-corrected chi connectivity index (χ0v) is 12.1. The smallest absolute Gasteiger partial charge is 0.323 e. The molecule has 0 aliphatic heterocycles. The Morgan fingerprint density at radius 2 is 1.90 bits per heavy atom. The Morgan fingerprint density at radius 1 is 1.14 bits per heavy atom. The van der Waals surface area contributed by atoms with Crippen molar-refractivity contribution in [3.05, 3.63) is 47.5 Å². The van der Waals surface area contributed by atoms with Crippen LogP contribution in [-0.2, 0) is 16.1 Å². The number of rotatable bonds is 6. The average Bonchev–Trinajstić information content (AvgIpc) is 2.48. The van der Waals surface area contributed by atoms with Crippen LogP contribution < -0.4 is 0 Å². The van der Waals surface area contributed by atoms with Crippen LogP contribution in [0, 0.1) is 0 Å². The number of carbonyl (C=O) groups is 2. The molecule has 1 aromatic rings. The Morgan fingerprint density at radius 3 is 2.52 bits per heavy atom. The Bertz CT molecular complexity index is 522. The van der Waals surface area contributed by atoms with Gasteiger partial charge < -0.3 is 10.0 Å². The first-order chi connectivity index (χ1) is 10.1. The average molecular weight is 287 g/mol. The van der Waals surface area contributed by atoms with E-state index in [0.29, 0.717) is 13.0 Å². The van der Waals surface area contributed by atoms with Gasteiger partial charge in [-0.15, -0.1) is 0 Å². The number of benzene rings is 1. The Labute approximate surface area is 125 Å². The molecule has 0 unspecified atom stereocenters. The molecular weight excluding hydrogens is 266 g/mol. The third kappa shape index (κ3) is 5.06. The molecule has 2 rings (SSSR count). The van der Waals surface area contributed by atoms with Crippen LogP contribution in [-0.4, -0.2) is 28.4 Å². The van der Waals surface area contributed by atoms with E-state index in [-0.39, 0.29) is 12.5 Å². The first-order valence-corrected chi connectivity index (χ1v) is 7.36. The summed E-state index contributed by atoms with van der Waals surface area (Å²) in [5.74, 6) is -1.08. The van der Waals surface area contributed by atoms with Crippen molar-refractivity contribution in [3.63, 3.8) is 0 Å². The van der Waals surface area contributed by atoms with E-state index in [1.807, 2.05) is 30.3 Å². The molecule has 1 aliphatic rings. The molecule has 1 N–H and O–H groups in total. The number of carboxylic acids is 1. The molecule has 0 saturated carbocycles. The van der Waals surface area contributed by atoms with E-state index < -0.39 is 5.97 Å². The molecule has 0 aromatic heterocycles. The van der Waals surface area contributed by atoms with Crippen LogP contribution in [0.25, 0.3) is 0 Å².